The number of amides is 1. The Labute approximate surface area is 137 Å². The van der Waals surface area contributed by atoms with Gasteiger partial charge >= 0.3 is 0 Å². The van der Waals surface area contributed by atoms with Crippen molar-refractivity contribution in [2.24, 2.45) is 5.73 Å². The summed E-state index contributed by atoms with van der Waals surface area (Å²) in [6, 6.07) is 20.4. The minimum Gasteiger partial charge on any atom is -0.351 e. The number of hydrogen-bond donors (Lipinski definition) is 2. The second-order valence-corrected chi connectivity index (χ2v) is 6.14. The molecule has 1 saturated heterocycles. The first-order valence-electron chi connectivity index (χ1n) is 8.06. The molecule has 3 rings (SSSR count). The number of rotatable bonds is 5. The maximum atomic E-state index is 12.1. The van der Waals surface area contributed by atoms with Gasteiger partial charge in [-0.1, -0.05) is 60.7 Å². The lowest BCUT2D eigenvalue weighted by molar-refractivity contribution is -0.122. The fourth-order valence-electron chi connectivity index (χ4n) is 3.15. The third-order valence-corrected chi connectivity index (χ3v) is 4.37. The number of nitrogens with two attached hydrogens (primary N) is 1. The Morgan fingerprint density at radius 1 is 1.04 bits per heavy atom. The van der Waals surface area contributed by atoms with Crippen molar-refractivity contribution in [2.75, 3.05) is 19.6 Å². The third kappa shape index (κ3) is 4.18. The van der Waals surface area contributed by atoms with E-state index in [1.165, 1.54) is 5.56 Å². The van der Waals surface area contributed by atoms with E-state index < -0.39 is 0 Å². The van der Waals surface area contributed by atoms with Crippen molar-refractivity contribution in [3.63, 3.8) is 0 Å². The highest BCUT2D eigenvalue weighted by atomic mass is 16.2. The summed E-state index contributed by atoms with van der Waals surface area (Å²) < 4.78 is 0. The lowest BCUT2D eigenvalue weighted by Gasteiger charge is -2.16. The molecule has 4 nitrogen and oxygen atoms in total. The van der Waals surface area contributed by atoms with Crippen LogP contribution in [0.25, 0.3) is 0 Å². The molecule has 0 aromatic heterocycles. The van der Waals surface area contributed by atoms with Gasteiger partial charge in [0, 0.05) is 31.6 Å². The largest absolute Gasteiger partial charge is 0.351 e. The molecular weight excluding hydrogens is 286 g/mol. The van der Waals surface area contributed by atoms with E-state index in [0.717, 1.165) is 18.7 Å². The lowest BCUT2D eigenvalue weighted by atomic mass is 9.95. The average molecular weight is 309 g/mol. The summed E-state index contributed by atoms with van der Waals surface area (Å²) in [5.41, 5.74) is 8.64. The number of nitrogens with zero attached hydrogens (tertiary/aromatic N) is 1. The number of likely N-dealkylation sites (tertiary alicyclic amines) is 1. The maximum Gasteiger partial charge on any atom is 0.234 e. The van der Waals surface area contributed by atoms with Crippen LogP contribution in [0, 0.1) is 0 Å². The van der Waals surface area contributed by atoms with Gasteiger partial charge in [-0.2, -0.15) is 0 Å². The van der Waals surface area contributed by atoms with Gasteiger partial charge in [-0.05, 0) is 11.1 Å². The van der Waals surface area contributed by atoms with E-state index in [2.05, 4.69) is 22.3 Å². The smallest absolute Gasteiger partial charge is 0.234 e. The first-order valence-corrected chi connectivity index (χ1v) is 8.06. The molecule has 4 heteroatoms. The molecule has 0 spiro atoms. The highest BCUT2D eigenvalue weighted by Crippen LogP contribution is 2.25. The van der Waals surface area contributed by atoms with Crippen LogP contribution in [0.1, 0.15) is 17.0 Å². The van der Waals surface area contributed by atoms with E-state index in [4.69, 9.17) is 5.73 Å². The molecular formula is C19H23N3O. The summed E-state index contributed by atoms with van der Waals surface area (Å²) in [5, 5.41) is 2.97. The molecule has 1 fully saturated rings. The summed E-state index contributed by atoms with van der Waals surface area (Å²) in [6.07, 6.45) is 0. The average Bonchev–Trinajstić information content (AvgIpc) is 2.95. The van der Waals surface area contributed by atoms with Crippen LogP contribution in [-0.4, -0.2) is 36.5 Å². The quantitative estimate of drug-likeness (QED) is 0.884. The highest BCUT2D eigenvalue weighted by Gasteiger charge is 2.31. The second-order valence-electron chi connectivity index (χ2n) is 6.14. The molecule has 0 saturated carbocycles. The van der Waals surface area contributed by atoms with Crippen molar-refractivity contribution < 1.29 is 4.79 Å². The Hall–Kier alpha value is -2.17. The minimum absolute atomic E-state index is 0.0507. The standard InChI is InChI=1S/C19H23N3O/c20-18-13-22(12-17(18)16-9-5-2-6-10-16)14-19(23)21-11-15-7-3-1-4-8-15/h1-10,17-18H,11-14,20H2,(H,21,23)/t17-,18+/m0/s1. The van der Waals surface area contributed by atoms with Crippen LogP contribution in [0.5, 0.6) is 0 Å². The van der Waals surface area contributed by atoms with E-state index in [1.807, 2.05) is 48.5 Å². The Morgan fingerprint density at radius 2 is 1.70 bits per heavy atom. The fourth-order valence-corrected chi connectivity index (χ4v) is 3.15. The number of hydrogen-bond acceptors (Lipinski definition) is 3. The highest BCUT2D eigenvalue weighted by molar-refractivity contribution is 5.78. The second kappa shape index (κ2) is 7.40. The predicted octanol–water partition coefficient (Wildman–Crippen LogP) is 1.73. The Kier molecular flexibility index (Phi) is 5.05. The summed E-state index contributed by atoms with van der Waals surface area (Å²) >= 11 is 0. The van der Waals surface area contributed by atoms with Gasteiger partial charge in [-0.15, -0.1) is 0 Å². The van der Waals surface area contributed by atoms with Crippen LogP contribution >= 0.6 is 0 Å². The molecule has 120 valence electrons. The van der Waals surface area contributed by atoms with Crippen molar-refractivity contribution in [1.29, 1.82) is 0 Å². The number of benzene rings is 2. The fraction of sp³-hybridized carbons (Fsp3) is 0.316. The molecule has 0 aliphatic carbocycles. The molecule has 0 radical (unpaired) electrons. The Morgan fingerprint density at radius 3 is 2.39 bits per heavy atom. The van der Waals surface area contributed by atoms with E-state index in [0.29, 0.717) is 19.0 Å². The summed E-state index contributed by atoms with van der Waals surface area (Å²) in [7, 11) is 0. The van der Waals surface area contributed by atoms with Gasteiger partial charge in [-0.3, -0.25) is 9.69 Å². The van der Waals surface area contributed by atoms with Gasteiger partial charge < -0.3 is 11.1 Å². The molecule has 1 heterocycles. The van der Waals surface area contributed by atoms with Gasteiger partial charge in [0.15, 0.2) is 0 Å². The van der Waals surface area contributed by atoms with Crippen molar-refractivity contribution in [3.05, 3.63) is 71.8 Å². The van der Waals surface area contributed by atoms with Crippen LogP contribution in [0.3, 0.4) is 0 Å². The van der Waals surface area contributed by atoms with Crippen molar-refractivity contribution in [2.45, 2.75) is 18.5 Å². The van der Waals surface area contributed by atoms with Gasteiger partial charge in [0.25, 0.3) is 0 Å². The monoisotopic (exact) mass is 309 g/mol. The topological polar surface area (TPSA) is 58.4 Å². The van der Waals surface area contributed by atoms with Gasteiger partial charge in [0.05, 0.1) is 6.54 Å². The molecule has 2 atom stereocenters. The lowest BCUT2D eigenvalue weighted by Crippen LogP contribution is -2.37. The maximum absolute atomic E-state index is 12.1. The zero-order chi connectivity index (χ0) is 16.1. The predicted molar refractivity (Wildman–Crippen MR) is 91.9 cm³/mol. The minimum atomic E-state index is 0.0507. The van der Waals surface area contributed by atoms with Crippen molar-refractivity contribution >= 4 is 5.91 Å². The van der Waals surface area contributed by atoms with E-state index in [-0.39, 0.29) is 11.9 Å². The molecule has 1 aliphatic heterocycles. The molecule has 1 aliphatic rings. The molecule has 23 heavy (non-hydrogen) atoms. The number of carbonyl (C=O) groups excluding carboxylic acids is 1. The number of nitrogens with one attached hydrogen (secondary N) is 1. The normalized spacial score (nSPS) is 21.3. The Balaban J connectivity index is 1.50. The summed E-state index contributed by atoms with van der Waals surface area (Å²) in [4.78, 5) is 14.3. The van der Waals surface area contributed by atoms with E-state index >= 15 is 0 Å². The van der Waals surface area contributed by atoms with Gasteiger partial charge in [0.1, 0.15) is 0 Å². The molecule has 3 N–H and O–H groups in total. The van der Waals surface area contributed by atoms with Crippen LogP contribution < -0.4 is 11.1 Å². The zero-order valence-electron chi connectivity index (χ0n) is 13.2. The summed E-state index contributed by atoms with van der Waals surface area (Å²) in [5.74, 6) is 0.355. The van der Waals surface area contributed by atoms with Crippen molar-refractivity contribution in [3.8, 4) is 0 Å². The third-order valence-electron chi connectivity index (χ3n) is 4.37. The van der Waals surface area contributed by atoms with Crippen LogP contribution in [-0.2, 0) is 11.3 Å². The first kappa shape index (κ1) is 15.7. The van der Waals surface area contributed by atoms with Crippen molar-refractivity contribution in [1.82, 2.24) is 10.2 Å². The molecule has 0 bridgehead atoms. The first-order chi connectivity index (χ1) is 11.2. The van der Waals surface area contributed by atoms with E-state index in [1.54, 1.807) is 0 Å². The Bertz CT molecular complexity index is 630. The van der Waals surface area contributed by atoms with Gasteiger partial charge in [0.2, 0.25) is 5.91 Å². The number of carbonyl (C=O) groups is 1. The van der Waals surface area contributed by atoms with Gasteiger partial charge in [-0.25, -0.2) is 0 Å². The van der Waals surface area contributed by atoms with Crippen LogP contribution in [0.2, 0.25) is 0 Å². The zero-order valence-corrected chi connectivity index (χ0v) is 13.2. The summed E-state index contributed by atoms with van der Waals surface area (Å²) in [6.45, 7) is 2.58. The molecule has 2 aromatic carbocycles. The molecule has 0 unspecified atom stereocenters. The molecule has 1 amide bonds. The van der Waals surface area contributed by atoms with Crippen LogP contribution in [0.15, 0.2) is 60.7 Å². The van der Waals surface area contributed by atoms with E-state index in [9.17, 15) is 4.79 Å². The molecule has 2 aromatic rings. The van der Waals surface area contributed by atoms with Crippen LogP contribution in [0.4, 0.5) is 0 Å². The SMILES string of the molecule is N[C@@H]1CN(CC(=O)NCc2ccccc2)C[C@H]1c1ccccc1.